The lowest BCUT2D eigenvalue weighted by Crippen LogP contribution is -2.05. The molecule has 0 radical (unpaired) electrons. The van der Waals surface area contributed by atoms with Gasteiger partial charge >= 0.3 is 5.97 Å². The van der Waals surface area contributed by atoms with Crippen molar-refractivity contribution in [3.63, 3.8) is 0 Å². The molecule has 0 atom stereocenters. The molecule has 1 heterocycles. The van der Waals surface area contributed by atoms with Crippen LogP contribution in [0.3, 0.4) is 0 Å². The smallest absolute Gasteiger partial charge is 0.316 e. The Morgan fingerprint density at radius 3 is 2.77 bits per heavy atom. The molecule has 0 aliphatic heterocycles. The van der Waals surface area contributed by atoms with Gasteiger partial charge in [0.2, 0.25) is 0 Å². The highest BCUT2D eigenvalue weighted by Crippen LogP contribution is 2.30. The van der Waals surface area contributed by atoms with E-state index in [1.54, 1.807) is 12.1 Å². The summed E-state index contributed by atoms with van der Waals surface area (Å²) in [4.78, 5) is 20.6. The van der Waals surface area contributed by atoms with Gasteiger partial charge in [0, 0.05) is 9.92 Å². The molecule has 0 amide bonds. The molecule has 6 nitrogen and oxygen atoms in total. The third-order valence-electron chi connectivity index (χ3n) is 2.43. The average Bonchev–Trinajstić information content (AvgIpc) is 2.55. The van der Waals surface area contributed by atoms with Crippen LogP contribution in [0.5, 0.6) is 0 Å². The summed E-state index contributed by atoms with van der Waals surface area (Å²) in [5, 5.41) is 10.7. The summed E-state index contributed by atoms with van der Waals surface area (Å²) in [6.45, 7) is 0. The summed E-state index contributed by atoms with van der Waals surface area (Å²) < 4.78 is 4.58. The Morgan fingerprint density at radius 2 is 2.14 bits per heavy atom. The third kappa shape index (κ3) is 4.77. The fraction of sp³-hybridized carbons (Fsp3) is 0.154. The van der Waals surface area contributed by atoms with Crippen LogP contribution in [0.15, 0.2) is 45.5 Å². The molecule has 1 aromatic carbocycles. The van der Waals surface area contributed by atoms with Gasteiger partial charge in [0.15, 0.2) is 5.16 Å². The fourth-order valence-electron chi connectivity index (χ4n) is 1.38. The molecule has 9 heteroatoms. The Bertz CT molecular complexity index is 655. The highest BCUT2D eigenvalue weighted by molar-refractivity contribution is 8.00. The minimum atomic E-state index is -0.376. The number of nitrogens with one attached hydrogen (secondary N) is 1. The van der Waals surface area contributed by atoms with Crippen LogP contribution in [0.2, 0.25) is 5.02 Å². The van der Waals surface area contributed by atoms with E-state index >= 15 is 0 Å². The molecule has 0 saturated heterocycles. The van der Waals surface area contributed by atoms with Crippen molar-refractivity contribution in [2.24, 2.45) is 0 Å². The molecule has 2 rings (SSSR count). The second-order valence-corrected chi connectivity index (χ2v) is 6.35. The second kappa shape index (κ2) is 8.23. The number of carbonyl (C=O) groups is 1. The first kappa shape index (κ1) is 16.9. The summed E-state index contributed by atoms with van der Waals surface area (Å²) in [6, 6.07) is 7.27. The van der Waals surface area contributed by atoms with E-state index in [2.05, 4.69) is 14.7 Å². The molecular formula is C13H12ClN3O3S2. The number of thioether (sulfide) groups is 1. The lowest BCUT2D eigenvalue weighted by molar-refractivity contribution is -0.137. The summed E-state index contributed by atoms with van der Waals surface area (Å²) in [6.07, 6.45) is 1.45. The molecule has 0 spiro atoms. The molecule has 0 unspecified atom stereocenters. The zero-order valence-corrected chi connectivity index (χ0v) is 13.8. The van der Waals surface area contributed by atoms with E-state index in [0.717, 1.165) is 16.7 Å². The Kier molecular flexibility index (Phi) is 6.32. The van der Waals surface area contributed by atoms with E-state index < -0.39 is 0 Å². The maximum atomic E-state index is 11.2. The highest BCUT2D eigenvalue weighted by Gasteiger charge is 2.11. The number of methoxy groups -OCH3 is 1. The van der Waals surface area contributed by atoms with E-state index in [1.807, 2.05) is 17.6 Å². The van der Waals surface area contributed by atoms with Crippen molar-refractivity contribution in [3.05, 3.63) is 35.5 Å². The molecule has 0 saturated carbocycles. The van der Waals surface area contributed by atoms with E-state index in [-0.39, 0.29) is 11.7 Å². The molecule has 1 aromatic heterocycles. The van der Waals surface area contributed by atoms with Crippen LogP contribution < -0.4 is 5.48 Å². The van der Waals surface area contributed by atoms with Crippen LogP contribution in [0.25, 0.3) is 0 Å². The van der Waals surface area contributed by atoms with Crippen LogP contribution in [-0.2, 0) is 9.53 Å². The first-order chi connectivity index (χ1) is 10.6. The van der Waals surface area contributed by atoms with Gasteiger partial charge in [-0.05, 0) is 36.0 Å². The lowest BCUT2D eigenvalue weighted by atomic mass is 10.4. The zero-order valence-electron chi connectivity index (χ0n) is 11.4. The Balaban J connectivity index is 2.15. The number of esters is 1. The van der Waals surface area contributed by atoms with Crippen LogP contribution in [-0.4, -0.2) is 34.0 Å². The Hall–Kier alpha value is -1.48. The van der Waals surface area contributed by atoms with Gasteiger partial charge in [0.05, 0.1) is 19.1 Å². The highest BCUT2D eigenvalue weighted by atomic mass is 35.5. The van der Waals surface area contributed by atoms with Crippen molar-refractivity contribution in [1.29, 1.82) is 0 Å². The molecule has 22 heavy (non-hydrogen) atoms. The van der Waals surface area contributed by atoms with Gasteiger partial charge in [0.1, 0.15) is 10.7 Å². The number of nitrogens with zero attached hydrogens (tertiary/aromatic N) is 2. The molecule has 116 valence electrons. The number of anilines is 1. The lowest BCUT2D eigenvalue weighted by Gasteiger charge is -2.08. The molecule has 0 aliphatic rings. The van der Waals surface area contributed by atoms with E-state index in [9.17, 15) is 4.79 Å². The number of ether oxygens (including phenoxy) is 1. The fourth-order valence-corrected chi connectivity index (χ4v) is 3.07. The van der Waals surface area contributed by atoms with Gasteiger partial charge in [0.25, 0.3) is 0 Å². The zero-order chi connectivity index (χ0) is 15.9. The van der Waals surface area contributed by atoms with E-state index in [0.29, 0.717) is 20.9 Å². The van der Waals surface area contributed by atoms with Crippen LogP contribution >= 0.6 is 35.1 Å². The monoisotopic (exact) mass is 357 g/mol. The molecule has 0 fully saturated rings. The Labute approximate surface area is 140 Å². The van der Waals surface area contributed by atoms with Crippen molar-refractivity contribution >= 4 is 46.8 Å². The molecule has 2 N–H and O–H groups in total. The topological polar surface area (TPSA) is 84.3 Å². The number of rotatable bonds is 6. The van der Waals surface area contributed by atoms with E-state index in [1.165, 1.54) is 25.1 Å². The number of benzene rings is 1. The van der Waals surface area contributed by atoms with Gasteiger partial charge in [-0.15, -0.1) is 0 Å². The first-order valence-electron chi connectivity index (χ1n) is 6.02. The Morgan fingerprint density at radius 1 is 1.41 bits per heavy atom. The van der Waals surface area contributed by atoms with Crippen LogP contribution in [0.4, 0.5) is 5.69 Å². The molecule has 0 bridgehead atoms. The largest absolute Gasteiger partial charge is 0.468 e. The first-order valence-corrected chi connectivity index (χ1v) is 8.20. The maximum absolute atomic E-state index is 11.2. The predicted octanol–water partition coefficient (Wildman–Crippen LogP) is 3.35. The quantitative estimate of drug-likeness (QED) is 0.268. The number of hydrogen-bond donors (Lipinski definition) is 2. The molecule has 2 aromatic rings. The van der Waals surface area contributed by atoms with Crippen LogP contribution in [0.1, 0.15) is 0 Å². The second-order valence-electron chi connectivity index (χ2n) is 3.90. The number of halogens is 1. The van der Waals surface area contributed by atoms with Crippen molar-refractivity contribution in [2.75, 3.05) is 18.3 Å². The van der Waals surface area contributed by atoms with Gasteiger partial charge < -0.3 is 4.74 Å². The predicted molar refractivity (Wildman–Crippen MR) is 85.8 cm³/mol. The standard InChI is InChI=1S/C13H12ClN3O3S2/c1-20-11(18)7-21-12-10(17-19)6-15-13(16-12)22-9-4-2-8(14)3-5-9/h2-6,17,19H,7H2,1H3. The molecule has 0 aliphatic carbocycles. The number of aromatic nitrogens is 2. The summed E-state index contributed by atoms with van der Waals surface area (Å²) in [5.41, 5.74) is 2.34. The van der Waals surface area contributed by atoms with Crippen molar-refractivity contribution in [3.8, 4) is 0 Å². The third-order valence-corrected chi connectivity index (χ3v) is 4.53. The number of hydrogen-bond acceptors (Lipinski definition) is 8. The van der Waals surface area contributed by atoms with Gasteiger partial charge in [-0.1, -0.05) is 23.4 Å². The SMILES string of the molecule is COC(=O)CSc1nc(Sc2ccc(Cl)cc2)ncc1NO. The minimum Gasteiger partial charge on any atom is -0.468 e. The maximum Gasteiger partial charge on any atom is 0.316 e. The average molecular weight is 358 g/mol. The van der Waals surface area contributed by atoms with Crippen molar-refractivity contribution in [2.45, 2.75) is 15.1 Å². The summed E-state index contributed by atoms with van der Waals surface area (Å²) in [7, 11) is 1.32. The van der Waals surface area contributed by atoms with Gasteiger partial charge in [-0.3, -0.25) is 15.5 Å². The number of carbonyl (C=O) groups excluding carboxylic acids is 1. The molecular weight excluding hydrogens is 346 g/mol. The normalized spacial score (nSPS) is 10.3. The van der Waals surface area contributed by atoms with Crippen molar-refractivity contribution in [1.82, 2.24) is 9.97 Å². The van der Waals surface area contributed by atoms with Gasteiger partial charge in [-0.25, -0.2) is 9.97 Å². The van der Waals surface area contributed by atoms with Gasteiger partial charge in [-0.2, -0.15) is 0 Å². The van der Waals surface area contributed by atoms with Crippen molar-refractivity contribution < 1.29 is 14.7 Å². The van der Waals surface area contributed by atoms with E-state index in [4.69, 9.17) is 16.8 Å². The summed E-state index contributed by atoms with van der Waals surface area (Å²) >= 11 is 8.34. The van der Waals surface area contributed by atoms with Crippen LogP contribution in [0, 0.1) is 0 Å². The minimum absolute atomic E-state index is 0.0905. The summed E-state index contributed by atoms with van der Waals surface area (Å²) in [5.74, 6) is -0.285.